The number of aromatic nitrogens is 4. The average Bonchev–Trinajstić information content (AvgIpc) is 3.23. The van der Waals surface area contributed by atoms with E-state index in [0.29, 0.717) is 24.6 Å². The Morgan fingerprint density at radius 1 is 1.00 bits per heavy atom. The highest BCUT2D eigenvalue weighted by Crippen LogP contribution is 2.37. The molecule has 29 heavy (non-hydrogen) atoms. The zero-order valence-corrected chi connectivity index (χ0v) is 15.9. The van der Waals surface area contributed by atoms with E-state index in [1.807, 2.05) is 35.2 Å². The van der Waals surface area contributed by atoms with Gasteiger partial charge in [0, 0.05) is 25.1 Å². The van der Waals surface area contributed by atoms with E-state index in [-0.39, 0.29) is 11.5 Å². The Balaban J connectivity index is 1.33. The van der Waals surface area contributed by atoms with Gasteiger partial charge in [-0.25, -0.2) is 4.98 Å². The van der Waals surface area contributed by atoms with Gasteiger partial charge in [0.25, 0.3) is 5.91 Å². The number of likely N-dealkylation sites (tertiary alicyclic amines) is 1. The number of rotatable bonds is 2. The molecule has 7 heteroatoms. The minimum atomic E-state index is -0.346. The van der Waals surface area contributed by atoms with Gasteiger partial charge < -0.3 is 9.64 Å². The van der Waals surface area contributed by atoms with E-state index >= 15 is 0 Å². The number of hydrogen-bond acceptors (Lipinski definition) is 5. The van der Waals surface area contributed by atoms with Gasteiger partial charge in [-0.3, -0.25) is 9.36 Å². The highest BCUT2D eigenvalue weighted by molar-refractivity contribution is 5.92. The topological polar surface area (TPSA) is 73.1 Å². The third-order valence-corrected chi connectivity index (χ3v) is 5.56. The first-order valence-corrected chi connectivity index (χ1v) is 9.81. The van der Waals surface area contributed by atoms with Crippen LogP contribution in [0.25, 0.3) is 11.9 Å². The average molecular weight is 387 g/mol. The van der Waals surface area contributed by atoms with Crippen LogP contribution in [0.15, 0.2) is 61.2 Å². The molecular weight excluding hydrogens is 366 g/mol. The molecule has 0 radical (unpaired) electrons. The summed E-state index contributed by atoms with van der Waals surface area (Å²) in [5, 5.41) is 7.59. The minimum Gasteiger partial charge on any atom is -0.483 e. The van der Waals surface area contributed by atoms with Crippen molar-refractivity contribution in [2.75, 3.05) is 13.1 Å². The van der Waals surface area contributed by atoms with Crippen molar-refractivity contribution in [2.24, 2.45) is 0 Å². The second-order valence-corrected chi connectivity index (χ2v) is 7.43. The van der Waals surface area contributed by atoms with Crippen molar-refractivity contribution < 1.29 is 9.53 Å². The van der Waals surface area contributed by atoms with Gasteiger partial charge >= 0.3 is 0 Å². The van der Waals surface area contributed by atoms with Gasteiger partial charge in [-0.15, -0.1) is 10.2 Å². The molecule has 1 spiro atoms. The Morgan fingerprint density at radius 3 is 2.76 bits per heavy atom. The van der Waals surface area contributed by atoms with Crippen molar-refractivity contribution in [2.45, 2.75) is 24.9 Å². The molecule has 1 aromatic carbocycles. The monoisotopic (exact) mass is 387 g/mol. The van der Waals surface area contributed by atoms with Crippen LogP contribution in [0, 0.1) is 0 Å². The molecule has 1 fully saturated rings. The molecule has 1 amide bonds. The van der Waals surface area contributed by atoms with E-state index in [1.54, 1.807) is 23.3 Å². The summed E-state index contributed by atoms with van der Waals surface area (Å²) in [6, 6.07) is 13.5. The summed E-state index contributed by atoms with van der Waals surface area (Å²) in [6.07, 6.45) is 9.95. The number of nitrogens with zero attached hydrogens (tertiary/aromatic N) is 5. The van der Waals surface area contributed by atoms with Crippen molar-refractivity contribution in [3.05, 3.63) is 72.5 Å². The van der Waals surface area contributed by atoms with Crippen LogP contribution in [0.2, 0.25) is 0 Å². The second-order valence-electron chi connectivity index (χ2n) is 7.43. The molecule has 0 bridgehead atoms. The highest BCUT2D eigenvalue weighted by Gasteiger charge is 2.36. The van der Waals surface area contributed by atoms with E-state index in [2.05, 4.69) is 33.4 Å². The number of pyridine rings is 1. The lowest BCUT2D eigenvalue weighted by molar-refractivity contribution is 0.0725. The Morgan fingerprint density at radius 2 is 1.86 bits per heavy atom. The smallest absolute Gasteiger partial charge is 0.272 e. The molecule has 5 rings (SSSR count). The van der Waals surface area contributed by atoms with Crippen molar-refractivity contribution in [1.29, 1.82) is 0 Å². The predicted octanol–water partition coefficient (Wildman–Crippen LogP) is 3.13. The van der Waals surface area contributed by atoms with Gasteiger partial charge in [-0.1, -0.05) is 30.3 Å². The molecule has 0 N–H and O–H groups in total. The zero-order chi connectivity index (χ0) is 19.7. The number of benzene rings is 1. The summed E-state index contributed by atoms with van der Waals surface area (Å²) < 4.78 is 8.07. The lowest BCUT2D eigenvalue weighted by Gasteiger charge is -2.34. The molecule has 2 aliphatic rings. The lowest BCUT2D eigenvalue weighted by atomic mass is 9.91. The Bertz CT molecular complexity index is 1060. The van der Waals surface area contributed by atoms with Gasteiger partial charge in [-0.05, 0) is 37.1 Å². The van der Waals surface area contributed by atoms with Gasteiger partial charge in [0.2, 0.25) is 0 Å². The van der Waals surface area contributed by atoms with E-state index < -0.39 is 0 Å². The van der Waals surface area contributed by atoms with Crippen molar-refractivity contribution >= 4 is 12.0 Å². The van der Waals surface area contributed by atoms with Gasteiger partial charge in [0.1, 0.15) is 35.5 Å². The predicted molar refractivity (Wildman–Crippen MR) is 108 cm³/mol. The molecular formula is C22H21N5O2. The van der Waals surface area contributed by atoms with Crippen LogP contribution in [0.4, 0.5) is 0 Å². The molecule has 2 aliphatic heterocycles. The third-order valence-electron chi connectivity index (χ3n) is 5.56. The van der Waals surface area contributed by atoms with Crippen LogP contribution in [0.5, 0.6) is 5.75 Å². The Labute approximate surface area is 168 Å². The molecule has 3 aromatic rings. The summed E-state index contributed by atoms with van der Waals surface area (Å²) in [5.74, 6) is 1.48. The van der Waals surface area contributed by atoms with Gasteiger partial charge in [0.15, 0.2) is 0 Å². The first kappa shape index (κ1) is 17.6. The van der Waals surface area contributed by atoms with Gasteiger partial charge in [-0.2, -0.15) is 0 Å². The molecule has 1 saturated heterocycles. The number of carbonyl (C=O) groups excluding carboxylic acids is 1. The van der Waals surface area contributed by atoms with E-state index in [1.165, 1.54) is 0 Å². The summed E-state index contributed by atoms with van der Waals surface area (Å²) in [4.78, 5) is 19.5. The number of amides is 1. The van der Waals surface area contributed by atoms with E-state index in [0.717, 1.165) is 30.6 Å². The van der Waals surface area contributed by atoms with Crippen LogP contribution in [-0.2, 0) is 0 Å². The number of carbonyl (C=O) groups is 1. The minimum absolute atomic E-state index is 0.0582. The first-order chi connectivity index (χ1) is 14.2. The van der Waals surface area contributed by atoms with Crippen LogP contribution in [0.3, 0.4) is 0 Å². The Hall–Kier alpha value is -3.48. The summed E-state index contributed by atoms with van der Waals surface area (Å²) in [5.41, 5.74) is 1.18. The number of fused-ring (bicyclic) bond motifs is 1. The SMILES string of the molecule is O=C(c1cccc(-n2cnnc2)n1)N1CCCC2(C=Cc3ccccc3O2)CC1. The van der Waals surface area contributed by atoms with Crippen LogP contribution in [0.1, 0.15) is 35.3 Å². The molecule has 146 valence electrons. The summed E-state index contributed by atoms with van der Waals surface area (Å²) in [7, 11) is 0. The molecule has 1 atom stereocenters. The fraction of sp³-hybridized carbons (Fsp3) is 0.273. The van der Waals surface area contributed by atoms with Crippen LogP contribution < -0.4 is 4.74 Å². The summed E-state index contributed by atoms with van der Waals surface area (Å²) in [6.45, 7) is 1.32. The third kappa shape index (κ3) is 3.40. The molecule has 2 aromatic heterocycles. The first-order valence-electron chi connectivity index (χ1n) is 9.81. The maximum atomic E-state index is 13.1. The normalized spacial score (nSPS) is 20.8. The molecule has 1 unspecified atom stereocenters. The lowest BCUT2D eigenvalue weighted by Crippen LogP contribution is -2.38. The standard InChI is InChI=1S/C22H21N5O2/c28-21(18-6-3-8-20(25-18)27-15-23-24-16-27)26-13-4-10-22(12-14-26)11-9-17-5-1-2-7-19(17)29-22/h1-3,5-9,11,15-16H,4,10,12-14H2. The fourth-order valence-electron chi connectivity index (χ4n) is 3.98. The van der Waals surface area contributed by atoms with E-state index in [9.17, 15) is 4.79 Å². The quantitative estimate of drug-likeness (QED) is 0.675. The maximum absolute atomic E-state index is 13.1. The molecule has 7 nitrogen and oxygen atoms in total. The number of para-hydroxylation sites is 1. The zero-order valence-electron chi connectivity index (χ0n) is 15.9. The maximum Gasteiger partial charge on any atom is 0.272 e. The molecule has 0 saturated carbocycles. The van der Waals surface area contributed by atoms with Crippen molar-refractivity contribution in [3.63, 3.8) is 0 Å². The fourth-order valence-corrected chi connectivity index (χ4v) is 3.98. The number of hydrogen-bond donors (Lipinski definition) is 0. The van der Waals surface area contributed by atoms with Crippen LogP contribution >= 0.6 is 0 Å². The van der Waals surface area contributed by atoms with E-state index in [4.69, 9.17) is 4.74 Å². The van der Waals surface area contributed by atoms with Crippen molar-refractivity contribution in [1.82, 2.24) is 24.6 Å². The Kier molecular flexibility index (Phi) is 4.35. The summed E-state index contributed by atoms with van der Waals surface area (Å²) >= 11 is 0. The van der Waals surface area contributed by atoms with Crippen LogP contribution in [-0.4, -0.2) is 49.2 Å². The molecule has 4 heterocycles. The largest absolute Gasteiger partial charge is 0.483 e. The number of ether oxygens (including phenoxy) is 1. The highest BCUT2D eigenvalue weighted by atomic mass is 16.5. The van der Waals surface area contributed by atoms with Crippen molar-refractivity contribution in [3.8, 4) is 11.6 Å². The second kappa shape index (κ2) is 7.16. The molecule has 0 aliphatic carbocycles. The van der Waals surface area contributed by atoms with Gasteiger partial charge in [0.05, 0.1) is 0 Å².